The molecule has 0 saturated heterocycles. The second-order valence-corrected chi connectivity index (χ2v) is 4.75. The Hall–Kier alpha value is -2.84. The monoisotopic (exact) mass is 326 g/mol. The second-order valence-electron chi connectivity index (χ2n) is 4.75. The van der Waals surface area contributed by atoms with Crippen LogP contribution in [0.2, 0.25) is 0 Å². The van der Waals surface area contributed by atoms with Crippen LogP contribution in [0.15, 0.2) is 18.2 Å². The maximum absolute atomic E-state index is 13.4. The van der Waals surface area contributed by atoms with E-state index in [1.807, 2.05) is 5.32 Å². The smallest absolute Gasteiger partial charge is 0.269 e. The van der Waals surface area contributed by atoms with Crippen LogP contribution in [0.3, 0.4) is 0 Å². The third kappa shape index (κ3) is 3.68. The Bertz CT molecular complexity index is 774. The summed E-state index contributed by atoms with van der Waals surface area (Å²) in [5.41, 5.74) is 0.361. The van der Waals surface area contributed by atoms with E-state index in [0.717, 1.165) is 6.07 Å². The Balaban J connectivity index is 1.97. The molecule has 0 spiro atoms. The van der Waals surface area contributed by atoms with Crippen LogP contribution in [0.1, 0.15) is 16.2 Å². The summed E-state index contributed by atoms with van der Waals surface area (Å²) in [4.78, 5) is 23.5. The third-order valence-corrected chi connectivity index (χ3v) is 2.95. The molecular weight excluding hydrogens is 313 g/mol. The average Bonchev–Trinajstić information content (AvgIpc) is 2.84. The van der Waals surface area contributed by atoms with Crippen molar-refractivity contribution in [2.75, 3.05) is 11.9 Å². The van der Waals surface area contributed by atoms with E-state index in [1.165, 1.54) is 10.7 Å². The first-order valence-corrected chi connectivity index (χ1v) is 6.51. The summed E-state index contributed by atoms with van der Waals surface area (Å²) < 4.78 is 40.6. The lowest BCUT2D eigenvalue weighted by molar-refractivity contribution is -0.115. The lowest BCUT2D eigenvalue weighted by Gasteiger charge is -2.08. The fourth-order valence-electron chi connectivity index (χ4n) is 1.89. The molecular formula is C14H13F3N4O2. The van der Waals surface area contributed by atoms with Crippen LogP contribution in [-0.2, 0) is 11.8 Å². The zero-order chi connectivity index (χ0) is 17.1. The molecule has 0 atom stereocenters. The van der Waals surface area contributed by atoms with Crippen molar-refractivity contribution >= 4 is 17.5 Å². The van der Waals surface area contributed by atoms with Crippen molar-refractivity contribution in [3.05, 3.63) is 47.0 Å². The maximum atomic E-state index is 13.4. The Morgan fingerprint density at radius 2 is 1.91 bits per heavy atom. The third-order valence-electron chi connectivity index (χ3n) is 2.95. The molecule has 0 fully saturated rings. The number of amides is 2. The van der Waals surface area contributed by atoms with Gasteiger partial charge in [0, 0.05) is 7.05 Å². The van der Waals surface area contributed by atoms with Gasteiger partial charge in [0.05, 0.1) is 17.9 Å². The highest BCUT2D eigenvalue weighted by Crippen LogP contribution is 2.19. The van der Waals surface area contributed by atoms with E-state index in [-0.39, 0.29) is 5.69 Å². The van der Waals surface area contributed by atoms with Crippen LogP contribution in [-0.4, -0.2) is 28.1 Å². The van der Waals surface area contributed by atoms with Crippen molar-refractivity contribution in [3.8, 4) is 0 Å². The lowest BCUT2D eigenvalue weighted by Crippen LogP contribution is -2.34. The summed E-state index contributed by atoms with van der Waals surface area (Å²) in [6.45, 7) is 1.23. The molecule has 23 heavy (non-hydrogen) atoms. The number of aryl methyl sites for hydroxylation is 2. The summed E-state index contributed by atoms with van der Waals surface area (Å²) in [7, 11) is 1.57. The topological polar surface area (TPSA) is 76.0 Å². The van der Waals surface area contributed by atoms with Gasteiger partial charge in [-0.15, -0.1) is 0 Å². The van der Waals surface area contributed by atoms with Gasteiger partial charge in [-0.25, -0.2) is 13.2 Å². The van der Waals surface area contributed by atoms with Gasteiger partial charge in [-0.05, 0) is 25.1 Å². The zero-order valence-corrected chi connectivity index (χ0v) is 12.3. The van der Waals surface area contributed by atoms with Gasteiger partial charge >= 0.3 is 0 Å². The summed E-state index contributed by atoms with van der Waals surface area (Å²) in [5.74, 6) is -5.89. The fraction of sp³-hybridized carbons (Fsp3) is 0.214. The first-order valence-electron chi connectivity index (χ1n) is 6.51. The van der Waals surface area contributed by atoms with E-state index >= 15 is 0 Å². The average molecular weight is 326 g/mol. The standard InChI is InChI=1S/C14H13F3N4O2/c1-7-5-10(21(2)20-7)14(23)18-6-11(22)19-9-4-3-8(15)12(16)13(9)17/h3-5H,6H2,1-2H3,(H,18,23)(H,19,22). The van der Waals surface area contributed by atoms with Gasteiger partial charge < -0.3 is 10.6 Å². The first kappa shape index (κ1) is 16.5. The normalized spacial score (nSPS) is 10.5. The lowest BCUT2D eigenvalue weighted by atomic mass is 10.2. The predicted octanol–water partition coefficient (Wildman–Crippen LogP) is 1.51. The molecule has 6 nitrogen and oxygen atoms in total. The molecule has 9 heteroatoms. The molecule has 0 bridgehead atoms. The number of carbonyl (C=O) groups is 2. The minimum Gasteiger partial charge on any atom is -0.342 e. The van der Waals surface area contributed by atoms with Crippen LogP contribution < -0.4 is 10.6 Å². The molecule has 0 aliphatic rings. The number of carbonyl (C=O) groups excluding carboxylic acids is 2. The summed E-state index contributed by atoms with van der Waals surface area (Å²) >= 11 is 0. The highest BCUT2D eigenvalue weighted by Gasteiger charge is 2.16. The van der Waals surface area contributed by atoms with Gasteiger partial charge in [-0.2, -0.15) is 5.10 Å². The predicted molar refractivity (Wildman–Crippen MR) is 75.2 cm³/mol. The van der Waals surface area contributed by atoms with Crippen molar-refractivity contribution in [1.29, 1.82) is 0 Å². The molecule has 1 heterocycles. The van der Waals surface area contributed by atoms with E-state index in [2.05, 4.69) is 10.4 Å². The number of nitrogens with zero attached hydrogens (tertiary/aromatic N) is 2. The molecule has 2 aromatic rings. The minimum absolute atomic E-state index is 0.245. The number of hydrogen-bond donors (Lipinski definition) is 2. The van der Waals surface area contributed by atoms with Gasteiger partial charge in [-0.1, -0.05) is 0 Å². The molecule has 122 valence electrons. The molecule has 2 amide bonds. The van der Waals surface area contributed by atoms with Crippen LogP contribution in [0.4, 0.5) is 18.9 Å². The number of hydrogen-bond acceptors (Lipinski definition) is 3. The van der Waals surface area contributed by atoms with Crippen molar-refractivity contribution in [2.45, 2.75) is 6.92 Å². The Labute approximate surface area is 129 Å². The van der Waals surface area contributed by atoms with Crippen LogP contribution >= 0.6 is 0 Å². The molecule has 0 aliphatic carbocycles. The number of benzene rings is 1. The zero-order valence-electron chi connectivity index (χ0n) is 12.3. The van der Waals surface area contributed by atoms with Crippen LogP contribution in [0, 0.1) is 24.4 Å². The second kappa shape index (κ2) is 6.51. The number of rotatable bonds is 4. The minimum atomic E-state index is -1.68. The number of anilines is 1. The Morgan fingerprint density at radius 3 is 2.52 bits per heavy atom. The van der Waals surface area contributed by atoms with Crippen LogP contribution in [0.5, 0.6) is 0 Å². The highest BCUT2D eigenvalue weighted by atomic mass is 19.2. The summed E-state index contributed by atoms with van der Waals surface area (Å²) in [6, 6.07) is 3.10. The van der Waals surface area contributed by atoms with Crippen molar-refractivity contribution < 1.29 is 22.8 Å². The van der Waals surface area contributed by atoms with Gasteiger partial charge in [0.1, 0.15) is 5.69 Å². The van der Waals surface area contributed by atoms with E-state index in [0.29, 0.717) is 11.8 Å². The number of aromatic nitrogens is 2. The molecule has 1 aromatic carbocycles. The molecule has 0 aliphatic heterocycles. The van der Waals surface area contributed by atoms with Crippen molar-refractivity contribution in [3.63, 3.8) is 0 Å². The van der Waals surface area contributed by atoms with Crippen molar-refractivity contribution in [2.24, 2.45) is 7.05 Å². The summed E-state index contributed by atoms with van der Waals surface area (Å²) in [5, 5.41) is 8.35. The van der Waals surface area contributed by atoms with Crippen molar-refractivity contribution in [1.82, 2.24) is 15.1 Å². The van der Waals surface area contributed by atoms with Gasteiger partial charge in [-0.3, -0.25) is 14.3 Å². The fourth-order valence-corrected chi connectivity index (χ4v) is 1.89. The summed E-state index contributed by atoms with van der Waals surface area (Å²) in [6.07, 6.45) is 0. The number of halogens is 3. The molecule has 1 aromatic heterocycles. The molecule has 0 saturated carbocycles. The largest absolute Gasteiger partial charge is 0.342 e. The number of nitrogens with one attached hydrogen (secondary N) is 2. The van der Waals surface area contributed by atoms with E-state index in [9.17, 15) is 22.8 Å². The van der Waals surface area contributed by atoms with E-state index in [4.69, 9.17) is 0 Å². The molecule has 2 rings (SSSR count). The SMILES string of the molecule is Cc1cc(C(=O)NCC(=O)Nc2ccc(F)c(F)c2F)n(C)n1. The van der Waals surface area contributed by atoms with Gasteiger partial charge in [0.2, 0.25) is 5.91 Å². The molecule has 0 unspecified atom stereocenters. The first-order chi connectivity index (χ1) is 10.8. The molecule has 2 N–H and O–H groups in total. The van der Waals surface area contributed by atoms with Gasteiger partial charge in [0.25, 0.3) is 5.91 Å². The van der Waals surface area contributed by atoms with Gasteiger partial charge in [0.15, 0.2) is 17.5 Å². The Kier molecular flexibility index (Phi) is 4.68. The maximum Gasteiger partial charge on any atom is 0.269 e. The van der Waals surface area contributed by atoms with E-state index in [1.54, 1.807) is 14.0 Å². The quantitative estimate of drug-likeness (QED) is 0.837. The molecule has 0 radical (unpaired) electrons. The van der Waals surface area contributed by atoms with E-state index < -0.39 is 41.5 Å². The highest BCUT2D eigenvalue weighted by molar-refractivity contribution is 5.98. The Morgan fingerprint density at radius 1 is 1.22 bits per heavy atom. The van der Waals surface area contributed by atoms with Crippen LogP contribution in [0.25, 0.3) is 0 Å².